The maximum Gasteiger partial charge on any atom is 0.256 e. The van der Waals surface area contributed by atoms with Crippen LogP contribution in [-0.4, -0.2) is 17.9 Å². The first-order valence-electron chi connectivity index (χ1n) is 7.53. The van der Waals surface area contributed by atoms with Gasteiger partial charge >= 0.3 is 0 Å². The Morgan fingerprint density at radius 1 is 1.04 bits per heavy atom. The highest BCUT2D eigenvalue weighted by Gasteiger charge is 2.40. The van der Waals surface area contributed by atoms with Crippen LogP contribution in [0.25, 0.3) is 0 Å². The lowest BCUT2D eigenvalue weighted by molar-refractivity contribution is -0.121. The van der Waals surface area contributed by atoms with Crippen LogP contribution in [0, 0.1) is 13.8 Å². The summed E-state index contributed by atoms with van der Waals surface area (Å²) in [5, 5.41) is 3.90. The van der Waals surface area contributed by atoms with Crippen molar-refractivity contribution in [3.8, 4) is 0 Å². The van der Waals surface area contributed by atoms with Crippen LogP contribution >= 0.6 is 23.2 Å². The number of carbonyl (C=O) groups is 2. The quantitative estimate of drug-likeness (QED) is 0.825. The maximum atomic E-state index is 12.7. The Morgan fingerprint density at radius 2 is 1.71 bits per heavy atom. The second-order valence-corrected chi connectivity index (χ2v) is 6.65. The number of rotatable bonds is 3. The lowest BCUT2D eigenvalue weighted by Crippen LogP contribution is -2.35. The Morgan fingerprint density at radius 3 is 2.33 bits per heavy atom. The van der Waals surface area contributed by atoms with Gasteiger partial charge in [0, 0.05) is 5.69 Å². The van der Waals surface area contributed by atoms with E-state index < -0.39 is 6.04 Å². The van der Waals surface area contributed by atoms with Crippen molar-refractivity contribution in [1.29, 1.82) is 0 Å². The molecule has 2 aromatic rings. The molecule has 2 amide bonds. The summed E-state index contributed by atoms with van der Waals surface area (Å²) in [6.07, 6.45) is 0.104. The third-order valence-corrected chi connectivity index (χ3v) is 4.85. The molecule has 1 fully saturated rings. The number of halogens is 2. The van der Waals surface area contributed by atoms with Crippen molar-refractivity contribution in [2.24, 2.45) is 0 Å². The number of hydrogen-bond acceptors (Lipinski definition) is 3. The van der Waals surface area contributed by atoms with Crippen molar-refractivity contribution in [3.05, 3.63) is 57.6 Å². The normalized spacial score (nSPS) is 17.5. The van der Waals surface area contributed by atoms with Gasteiger partial charge in [-0.2, -0.15) is 0 Å². The predicted molar refractivity (Wildman–Crippen MR) is 96.9 cm³/mol. The first-order valence-corrected chi connectivity index (χ1v) is 8.28. The Hall–Kier alpha value is -2.04. The zero-order chi connectivity index (χ0) is 17.4. The molecule has 3 rings (SSSR count). The van der Waals surface area contributed by atoms with E-state index in [1.165, 1.54) is 6.07 Å². The molecule has 4 nitrogen and oxygen atoms in total. The Labute approximate surface area is 150 Å². The molecule has 0 bridgehead atoms. The van der Waals surface area contributed by atoms with Crippen LogP contribution in [0.2, 0.25) is 10.0 Å². The van der Waals surface area contributed by atoms with Crippen molar-refractivity contribution in [2.75, 3.05) is 10.2 Å². The van der Waals surface area contributed by atoms with Gasteiger partial charge in [0.1, 0.15) is 6.04 Å². The van der Waals surface area contributed by atoms with Crippen LogP contribution in [0.5, 0.6) is 0 Å². The van der Waals surface area contributed by atoms with Gasteiger partial charge in [0.2, 0.25) is 5.91 Å². The lowest BCUT2D eigenvalue weighted by Gasteiger charge is -2.18. The third-order valence-electron chi connectivity index (χ3n) is 4.11. The van der Waals surface area contributed by atoms with Crippen LogP contribution < -0.4 is 10.2 Å². The van der Waals surface area contributed by atoms with Crippen LogP contribution in [-0.2, 0) is 9.59 Å². The van der Waals surface area contributed by atoms with E-state index >= 15 is 0 Å². The van der Waals surface area contributed by atoms with Crippen LogP contribution in [0.4, 0.5) is 11.4 Å². The number of carbonyl (C=O) groups excluding carboxylic acids is 2. The largest absolute Gasteiger partial charge is 0.373 e. The summed E-state index contributed by atoms with van der Waals surface area (Å²) < 4.78 is 0. The molecule has 1 atom stereocenters. The SMILES string of the molecule is Cc1cccc(C)c1N[C@@H]1CC(=O)N(c2ccc(Cl)c(Cl)c2)C1=O. The second-order valence-electron chi connectivity index (χ2n) is 5.83. The molecule has 24 heavy (non-hydrogen) atoms. The molecule has 0 saturated carbocycles. The molecule has 0 radical (unpaired) electrons. The highest BCUT2D eigenvalue weighted by Crippen LogP contribution is 2.31. The van der Waals surface area contributed by atoms with E-state index in [2.05, 4.69) is 5.32 Å². The standard InChI is InChI=1S/C18H16Cl2N2O2/c1-10-4-3-5-11(2)17(10)21-15-9-16(23)22(18(15)24)12-6-7-13(19)14(20)8-12/h3-8,15,21H,9H2,1-2H3/t15-/m1/s1. The summed E-state index contributed by atoms with van der Waals surface area (Å²) in [5.41, 5.74) is 3.39. The Balaban J connectivity index is 1.88. The van der Waals surface area contributed by atoms with Gasteiger partial charge in [-0.1, -0.05) is 41.4 Å². The van der Waals surface area contributed by atoms with Crippen molar-refractivity contribution in [1.82, 2.24) is 0 Å². The van der Waals surface area contributed by atoms with Crippen molar-refractivity contribution in [3.63, 3.8) is 0 Å². The zero-order valence-electron chi connectivity index (χ0n) is 13.3. The number of nitrogens with zero attached hydrogens (tertiary/aromatic N) is 1. The fraction of sp³-hybridized carbons (Fsp3) is 0.222. The molecule has 1 heterocycles. The monoisotopic (exact) mass is 362 g/mol. The zero-order valence-corrected chi connectivity index (χ0v) is 14.8. The molecule has 6 heteroatoms. The topological polar surface area (TPSA) is 49.4 Å². The number of para-hydroxylation sites is 1. The van der Waals surface area contributed by atoms with Gasteiger partial charge in [-0.3, -0.25) is 9.59 Å². The molecule has 0 spiro atoms. The molecule has 0 aliphatic carbocycles. The smallest absolute Gasteiger partial charge is 0.256 e. The van der Waals surface area contributed by atoms with Gasteiger partial charge in [0.05, 0.1) is 22.2 Å². The molecule has 1 aliphatic heterocycles. The van der Waals surface area contributed by atoms with Crippen LogP contribution in [0.3, 0.4) is 0 Å². The average Bonchev–Trinajstić information content (AvgIpc) is 2.80. The minimum Gasteiger partial charge on any atom is -0.373 e. The summed E-state index contributed by atoms with van der Waals surface area (Å²) in [5.74, 6) is -0.553. The molecule has 2 aromatic carbocycles. The van der Waals surface area contributed by atoms with E-state index in [9.17, 15) is 9.59 Å². The molecular weight excluding hydrogens is 347 g/mol. The summed E-state index contributed by atoms with van der Waals surface area (Å²) >= 11 is 11.9. The van der Waals surface area contributed by atoms with Gasteiger partial charge in [0.25, 0.3) is 5.91 Å². The molecule has 1 N–H and O–H groups in total. The fourth-order valence-electron chi connectivity index (χ4n) is 2.86. The van der Waals surface area contributed by atoms with E-state index in [0.29, 0.717) is 15.7 Å². The maximum absolute atomic E-state index is 12.7. The number of anilines is 2. The molecule has 1 saturated heterocycles. The number of imide groups is 1. The first kappa shape index (κ1) is 16.8. The minimum atomic E-state index is -0.591. The van der Waals surface area contributed by atoms with Crippen molar-refractivity contribution >= 4 is 46.4 Å². The highest BCUT2D eigenvalue weighted by atomic mass is 35.5. The third kappa shape index (κ3) is 2.99. The van der Waals surface area contributed by atoms with Crippen molar-refractivity contribution in [2.45, 2.75) is 26.3 Å². The number of benzene rings is 2. The average molecular weight is 363 g/mol. The Bertz CT molecular complexity index is 816. The van der Waals surface area contributed by atoms with E-state index in [1.54, 1.807) is 12.1 Å². The number of hydrogen-bond donors (Lipinski definition) is 1. The summed E-state index contributed by atoms with van der Waals surface area (Å²) in [4.78, 5) is 26.2. The summed E-state index contributed by atoms with van der Waals surface area (Å²) in [6, 6.07) is 10.0. The predicted octanol–water partition coefficient (Wildman–Crippen LogP) is 4.35. The van der Waals surface area contributed by atoms with Gasteiger partial charge in [0.15, 0.2) is 0 Å². The molecule has 1 aliphatic rings. The minimum absolute atomic E-state index is 0.104. The molecule has 0 aromatic heterocycles. The van der Waals surface area contributed by atoms with E-state index in [4.69, 9.17) is 23.2 Å². The fourth-order valence-corrected chi connectivity index (χ4v) is 3.15. The van der Waals surface area contributed by atoms with Gasteiger partial charge in [-0.15, -0.1) is 0 Å². The van der Waals surface area contributed by atoms with Crippen molar-refractivity contribution < 1.29 is 9.59 Å². The highest BCUT2D eigenvalue weighted by molar-refractivity contribution is 6.42. The number of nitrogens with one attached hydrogen (secondary N) is 1. The van der Waals surface area contributed by atoms with Crippen LogP contribution in [0.1, 0.15) is 17.5 Å². The van der Waals surface area contributed by atoms with Gasteiger partial charge in [-0.05, 0) is 43.2 Å². The van der Waals surface area contributed by atoms with Gasteiger partial charge < -0.3 is 5.32 Å². The van der Waals surface area contributed by atoms with E-state index in [0.717, 1.165) is 21.7 Å². The van der Waals surface area contributed by atoms with Gasteiger partial charge in [-0.25, -0.2) is 4.90 Å². The lowest BCUT2D eigenvalue weighted by atomic mass is 10.1. The van der Waals surface area contributed by atoms with E-state index in [-0.39, 0.29) is 18.2 Å². The second kappa shape index (κ2) is 6.46. The molecule has 0 unspecified atom stereocenters. The number of aryl methyl sites for hydroxylation is 2. The molecule has 124 valence electrons. The molecular formula is C18H16Cl2N2O2. The summed E-state index contributed by atoms with van der Waals surface area (Å²) in [7, 11) is 0. The van der Waals surface area contributed by atoms with E-state index in [1.807, 2.05) is 32.0 Å². The summed E-state index contributed by atoms with van der Waals surface area (Å²) in [6.45, 7) is 3.93. The Kier molecular flexibility index (Phi) is 4.52. The first-order chi connectivity index (χ1) is 11.4. The number of amides is 2. The van der Waals surface area contributed by atoms with Crippen LogP contribution in [0.15, 0.2) is 36.4 Å².